The standard InChI is InChI=1S/C46H48Cl3N7O6S/c1-4-6-20-53(23-19-41(57)50-5-2)46(60)43-42(49)29(3)56(51-43)40-15-12-33(26-36(40)45(59)55-22-17-31-9-7-8-10-34(31)28-55)44(58)52-63(61,62)35-13-16-39-32(25-35)18-21-54(39)27-30-11-14-37(47)38(48)24-30/h7-16,24-26H,4-6,17-23,27-28H2,1-3H3,(H,50,57)(H,52,58). The second-order valence-electron chi connectivity index (χ2n) is 15.6. The van der Waals surface area contributed by atoms with Gasteiger partial charge in [-0.05, 0) is 104 Å². The minimum Gasteiger partial charge on any atom is -0.367 e. The van der Waals surface area contributed by atoms with Crippen LogP contribution >= 0.6 is 34.8 Å². The van der Waals surface area contributed by atoms with Gasteiger partial charge in [0, 0.05) is 63.5 Å². The van der Waals surface area contributed by atoms with Crippen LogP contribution in [0.4, 0.5) is 5.69 Å². The quantitative estimate of drug-likeness (QED) is 0.108. The van der Waals surface area contributed by atoms with Gasteiger partial charge in [-0.3, -0.25) is 19.2 Å². The molecule has 0 fully saturated rings. The molecule has 63 heavy (non-hydrogen) atoms. The predicted molar refractivity (Wildman–Crippen MR) is 245 cm³/mol. The lowest BCUT2D eigenvalue weighted by Gasteiger charge is -2.29. The molecule has 3 heterocycles. The van der Waals surface area contributed by atoms with E-state index in [1.54, 1.807) is 41.0 Å². The van der Waals surface area contributed by atoms with Gasteiger partial charge in [-0.2, -0.15) is 5.10 Å². The fraction of sp³-hybridized carbons (Fsp3) is 0.326. The molecular weight excluding hydrogens is 885 g/mol. The van der Waals surface area contributed by atoms with Crippen LogP contribution < -0.4 is 14.9 Å². The number of rotatable bonds is 15. The van der Waals surface area contributed by atoms with Crippen LogP contribution in [0, 0.1) is 6.92 Å². The number of aromatic nitrogens is 2. The third-order valence-corrected chi connectivity index (χ3v) is 13.9. The number of hydrogen-bond acceptors (Lipinski definition) is 8. The summed E-state index contributed by atoms with van der Waals surface area (Å²) in [5.74, 6) is -2.01. The maximum atomic E-state index is 14.6. The highest BCUT2D eigenvalue weighted by Crippen LogP contribution is 2.33. The predicted octanol–water partition coefficient (Wildman–Crippen LogP) is 7.79. The number of anilines is 1. The number of carbonyl (C=O) groups excluding carboxylic acids is 4. The lowest BCUT2D eigenvalue weighted by atomic mass is 9.98. The molecule has 0 spiro atoms. The van der Waals surface area contributed by atoms with E-state index in [1.165, 1.54) is 28.9 Å². The van der Waals surface area contributed by atoms with Gasteiger partial charge >= 0.3 is 0 Å². The highest BCUT2D eigenvalue weighted by atomic mass is 35.5. The number of nitrogens with zero attached hydrogens (tertiary/aromatic N) is 5. The summed E-state index contributed by atoms with van der Waals surface area (Å²) in [4.78, 5) is 60.1. The Morgan fingerprint density at radius 1 is 0.825 bits per heavy atom. The molecule has 5 aromatic rings. The van der Waals surface area contributed by atoms with E-state index in [0.717, 1.165) is 34.4 Å². The fourth-order valence-corrected chi connectivity index (χ4v) is 9.48. The summed E-state index contributed by atoms with van der Waals surface area (Å²) in [5, 5.41) is 8.39. The molecule has 17 heteroatoms. The molecule has 7 rings (SSSR count). The van der Waals surface area contributed by atoms with Crippen LogP contribution in [-0.2, 0) is 40.7 Å². The van der Waals surface area contributed by atoms with Crippen molar-refractivity contribution in [2.75, 3.05) is 37.6 Å². The van der Waals surface area contributed by atoms with E-state index in [0.29, 0.717) is 74.3 Å². The van der Waals surface area contributed by atoms with Crippen molar-refractivity contribution in [3.63, 3.8) is 0 Å². The van der Waals surface area contributed by atoms with Gasteiger partial charge < -0.3 is 20.0 Å². The van der Waals surface area contributed by atoms with E-state index in [-0.39, 0.29) is 51.3 Å². The second-order valence-corrected chi connectivity index (χ2v) is 18.5. The number of fused-ring (bicyclic) bond motifs is 2. The van der Waals surface area contributed by atoms with Crippen molar-refractivity contribution in [1.29, 1.82) is 0 Å². The number of carbonyl (C=O) groups is 4. The van der Waals surface area contributed by atoms with Gasteiger partial charge in [0.1, 0.15) is 0 Å². The summed E-state index contributed by atoms with van der Waals surface area (Å²) >= 11 is 19.2. The molecule has 2 aliphatic rings. The zero-order valence-corrected chi connectivity index (χ0v) is 38.3. The van der Waals surface area contributed by atoms with Crippen LogP contribution in [0.3, 0.4) is 0 Å². The topological polar surface area (TPSA) is 154 Å². The maximum absolute atomic E-state index is 14.6. The summed E-state index contributed by atoms with van der Waals surface area (Å²) in [6, 6.07) is 22.3. The molecule has 2 aliphatic heterocycles. The summed E-state index contributed by atoms with van der Waals surface area (Å²) in [5.41, 5.74) is 5.27. The zero-order valence-electron chi connectivity index (χ0n) is 35.2. The Morgan fingerprint density at radius 3 is 2.32 bits per heavy atom. The first-order chi connectivity index (χ1) is 30.2. The van der Waals surface area contributed by atoms with Crippen molar-refractivity contribution in [3.8, 4) is 5.69 Å². The molecule has 0 unspecified atom stereocenters. The molecule has 4 aromatic carbocycles. The smallest absolute Gasteiger partial charge is 0.275 e. The summed E-state index contributed by atoms with van der Waals surface area (Å²) in [6.07, 6.45) is 2.82. The Kier molecular flexibility index (Phi) is 14.1. The number of benzene rings is 4. The minimum absolute atomic E-state index is 0.0498. The molecule has 13 nitrogen and oxygen atoms in total. The fourth-order valence-electron chi connectivity index (χ4n) is 7.94. The van der Waals surface area contributed by atoms with Gasteiger partial charge in [-0.25, -0.2) is 17.8 Å². The Hall–Kier alpha value is -5.41. The Morgan fingerprint density at radius 2 is 1.57 bits per heavy atom. The highest BCUT2D eigenvalue weighted by Gasteiger charge is 2.31. The average molecular weight is 933 g/mol. The summed E-state index contributed by atoms with van der Waals surface area (Å²) in [7, 11) is -4.36. The minimum atomic E-state index is -4.36. The number of hydrogen-bond donors (Lipinski definition) is 2. The SMILES string of the molecule is CCCCN(CCC(=O)NCC)C(=O)c1nn(-c2ccc(C(=O)NS(=O)(=O)c3ccc4c(c3)CCN4Cc3ccc(Cl)c(Cl)c3)cc2C(=O)N2CCc3ccccc3C2)c(C)c1Cl. The van der Waals surface area contributed by atoms with E-state index < -0.39 is 27.7 Å². The average Bonchev–Trinajstić information content (AvgIpc) is 3.82. The van der Waals surface area contributed by atoms with E-state index in [4.69, 9.17) is 34.8 Å². The molecule has 2 N–H and O–H groups in total. The van der Waals surface area contributed by atoms with Crippen molar-refractivity contribution < 1.29 is 27.6 Å². The number of sulfonamides is 1. The molecule has 0 bridgehead atoms. The van der Waals surface area contributed by atoms with E-state index in [1.807, 2.05) is 44.2 Å². The van der Waals surface area contributed by atoms with Crippen LogP contribution in [0.15, 0.2) is 83.8 Å². The molecule has 4 amide bonds. The normalized spacial score (nSPS) is 13.4. The Labute approximate surface area is 382 Å². The molecule has 330 valence electrons. The second kappa shape index (κ2) is 19.5. The van der Waals surface area contributed by atoms with Gasteiger partial charge in [0.25, 0.3) is 27.7 Å². The third-order valence-electron chi connectivity index (χ3n) is 11.4. The van der Waals surface area contributed by atoms with Gasteiger partial charge in [0.15, 0.2) is 5.69 Å². The van der Waals surface area contributed by atoms with Crippen LogP contribution in [0.2, 0.25) is 15.1 Å². The van der Waals surface area contributed by atoms with Crippen LogP contribution in [0.5, 0.6) is 0 Å². The molecule has 0 radical (unpaired) electrons. The number of halogens is 3. The first kappa shape index (κ1) is 45.6. The molecule has 0 aliphatic carbocycles. The molecule has 0 saturated carbocycles. The monoisotopic (exact) mass is 931 g/mol. The van der Waals surface area contributed by atoms with Crippen molar-refractivity contribution >= 4 is 74.1 Å². The van der Waals surface area contributed by atoms with Crippen molar-refractivity contribution in [3.05, 3.63) is 139 Å². The van der Waals surface area contributed by atoms with Crippen LogP contribution in [-0.4, -0.2) is 84.4 Å². The first-order valence-corrected chi connectivity index (χ1v) is 23.5. The summed E-state index contributed by atoms with van der Waals surface area (Å²) in [6.45, 7) is 8.40. The van der Waals surface area contributed by atoms with Crippen molar-refractivity contribution in [1.82, 2.24) is 29.6 Å². The molecule has 1 aromatic heterocycles. The lowest BCUT2D eigenvalue weighted by molar-refractivity contribution is -0.121. The molecule has 0 saturated heterocycles. The highest BCUT2D eigenvalue weighted by molar-refractivity contribution is 7.90. The van der Waals surface area contributed by atoms with Gasteiger partial charge in [0.05, 0.1) is 36.9 Å². The Balaban J connectivity index is 1.18. The number of amides is 4. The number of unbranched alkanes of at least 4 members (excludes halogenated alkanes) is 1. The van der Waals surface area contributed by atoms with Gasteiger partial charge in [-0.1, -0.05) is 78.5 Å². The zero-order chi connectivity index (χ0) is 45.0. The van der Waals surface area contributed by atoms with Crippen LogP contribution in [0.25, 0.3) is 5.69 Å². The number of nitrogens with one attached hydrogen (secondary N) is 2. The van der Waals surface area contributed by atoms with Crippen molar-refractivity contribution in [2.24, 2.45) is 0 Å². The summed E-state index contributed by atoms with van der Waals surface area (Å²) < 4.78 is 31.2. The Bertz CT molecular complexity index is 2710. The third kappa shape index (κ3) is 10.0. The van der Waals surface area contributed by atoms with Gasteiger partial charge in [0.2, 0.25) is 5.91 Å². The van der Waals surface area contributed by atoms with Crippen LogP contribution in [0.1, 0.15) is 92.3 Å². The molecule has 0 atom stereocenters. The van der Waals surface area contributed by atoms with E-state index in [2.05, 4.69) is 20.0 Å². The van der Waals surface area contributed by atoms with Crippen molar-refractivity contribution in [2.45, 2.75) is 70.9 Å². The maximum Gasteiger partial charge on any atom is 0.275 e. The van der Waals surface area contributed by atoms with E-state index >= 15 is 0 Å². The largest absolute Gasteiger partial charge is 0.367 e. The molecular formula is C46H48Cl3N7O6S. The first-order valence-electron chi connectivity index (χ1n) is 20.9. The van der Waals surface area contributed by atoms with Gasteiger partial charge in [-0.15, -0.1) is 0 Å². The van der Waals surface area contributed by atoms with E-state index in [9.17, 15) is 27.6 Å². The lowest BCUT2D eigenvalue weighted by Crippen LogP contribution is -2.37.